The number of hydrogen-bond acceptors (Lipinski definition) is 2. The van der Waals surface area contributed by atoms with Crippen LogP contribution in [0.25, 0.3) is 0 Å². The van der Waals surface area contributed by atoms with E-state index in [9.17, 15) is 4.39 Å². The molecule has 0 amide bonds. The van der Waals surface area contributed by atoms with Crippen molar-refractivity contribution in [3.63, 3.8) is 0 Å². The summed E-state index contributed by atoms with van der Waals surface area (Å²) >= 11 is 3.22. The average molecular weight is 276 g/mol. The number of nitrogens with one attached hydrogen (secondary N) is 1. The van der Waals surface area contributed by atoms with Crippen LogP contribution in [0.4, 0.5) is 4.39 Å². The van der Waals surface area contributed by atoms with E-state index in [1.807, 2.05) is 13.0 Å². The summed E-state index contributed by atoms with van der Waals surface area (Å²) in [7, 11) is 0. The van der Waals surface area contributed by atoms with Gasteiger partial charge in [-0.15, -0.1) is 0 Å². The predicted molar refractivity (Wildman–Crippen MR) is 62.2 cm³/mol. The smallest absolute Gasteiger partial charge is 0.129 e. The van der Waals surface area contributed by atoms with Crippen LogP contribution in [-0.2, 0) is 0 Å². The molecule has 0 aliphatic rings. The van der Waals surface area contributed by atoms with Gasteiger partial charge < -0.3 is 10.4 Å². The third-order valence-corrected chi connectivity index (χ3v) is 2.71. The molecule has 0 bridgehead atoms. The summed E-state index contributed by atoms with van der Waals surface area (Å²) in [5.41, 5.74) is 0.649. The second-order valence-corrected chi connectivity index (χ2v) is 4.33. The average Bonchev–Trinajstić information content (AvgIpc) is 2.17. The maximum atomic E-state index is 13.5. The van der Waals surface area contributed by atoms with Crippen molar-refractivity contribution >= 4 is 15.9 Å². The van der Waals surface area contributed by atoms with Crippen LogP contribution in [0.2, 0.25) is 0 Å². The zero-order valence-corrected chi connectivity index (χ0v) is 10.2. The SMILES string of the molecule is CC(NCCCO)c1ccc(Br)cc1F. The summed E-state index contributed by atoms with van der Waals surface area (Å²) in [4.78, 5) is 0. The van der Waals surface area contributed by atoms with Gasteiger partial charge in [0.25, 0.3) is 0 Å². The Bertz CT molecular complexity index is 319. The Morgan fingerprint density at radius 3 is 2.87 bits per heavy atom. The summed E-state index contributed by atoms with van der Waals surface area (Å²) in [6.07, 6.45) is 0.683. The Kier molecular flexibility index (Phi) is 5.22. The zero-order chi connectivity index (χ0) is 11.3. The molecule has 0 saturated heterocycles. The van der Waals surface area contributed by atoms with Gasteiger partial charge >= 0.3 is 0 Å². The van der Waals surface area contributed by atoms with Crippen LogP contribution in [-0.4, -0.2) is 18.3 Å². The first kappa shape index (κ1) is 12.6. The first-order valence-electron chi connectivity index (χ1n) is 4.94. The molecule has 0 saturated carbocycles. The third kappa shape index (κ3) is 3.89. The summed E-state index contributed by atoms with van der Waals surface area (Å²) < 4.78 is 14.2. The predicted octanol–water partition coefficient (Wildman–Crippen LogP) is 2.62. The van der Waals surface area contributed by atoms with Gasteiger partial charge in [0.2, 0.25) is 0 Å². The van der Waals surface area contributed by atoms with Crippen molar-refractivity contribution in [1.82, 2.24) is 5.32 Å². The topological polar surface area (TPSA) is 32.3 Å². The lowest BCUT2D eigenvalue weighted by molar-refractivity contribution is 0.283. The molecule has 0 aliphatic carbocycles. The first-order chi connectivity index (χ1) is 7.15. The van der Waals surface area contributed by atoms with Crippen LogP contribution in [0.15, 0.2) is 22.7 Å². The number of aliphatic hydroxyl groups excluding tert-OH is 1. The Morgan fingerprint density at radius 1 is 1.53 bits per heavy atom. The fraction of sp³-hybridized carbons (Fsp3) is 0.455. The molecule has 15 heavy (non-hydrogen) atoms. The van der Waals surface area contributed by atoms with Crippen molar-refractivity contribution < 1.29 is 9.50 Å². The van der Waals surface area contributed by atoms with Crippen LogP contribution < -0.4 is 5.32 Å². The fourth-order valence-electron chi connectivity index (χ4n) is 1.36. The molecule has 1 atom stereocenters. The molecule has 0 spiro atoms. The second-order valence-electron chi connectivity index (χ2n) is 3.42. The van der Waals surface area contributed by atoms with Gasteiger partial charge in [-0.2, -0.15) is 0 Å². The van der Waals surface area contributed by atoms with Crippen LogP contribution in [0.1, 0.15) is 24.9 Å². The maximum absolute atomic E-state index is 13.5. The van der Waals surface area contributed by atoms with Crippen molar-refractivity contribution in [2.75, 3.05) is 13.2 Å². The van der Waals surface area contributed by atoms with Crippen molar-refractivity contribution in [3.05, 3.63) is 34.1 Å². The van der Waals surface area contributed by atoms with E-state index in [-0.39, 0.29) is 18.5 Å². The Labute approximate surface area is 97.6 Å². The highest BCUT2D eigenvalue weighted by Gasteiger charge is 2.09. The highest BCUT2D eigenvalue weighted by atomic mass is 79.9. The minimum absolute atomic E-state index is 0.0374. The molecule has 0 aliphatic heterocycles. The van der Waals surface area contributed by atoms with E-state index in [4.69, 9.17) is 5.11 Å². The molecule has 0 fully saturated rings. The lowest BCUT2D eigenvalue weighted by atomic mass is 10.1. The molecule has 0 aromatic heterocycles. The number of rotatable bonds is 5. The fourth-order valence-corrected chi connectivity index (χ4v) is 1.69. The van der Waals surface area contributed by atoms with Crippen molar-refractivity contribution in [1.29, 1.82) is 0 Å². The summed E-state index contributed by atoms with van der Waals surface area (Å²) in [6, 6.07) is 5.00. The number of aliphatic hydroxyl groups is 1. The molecular formula is C11H15BrFNO. The van der Waals surface area contributed by atoms with Gasteiger partial charge in [-0.25, -0.2) is 4.39 Å². The van der Waals surface area contributed by atoms with Gasteiger partial charge in [0.05, 0.1) is 0 Å². The molecule has 1 rings (SSSR count). The molecule has 1 aromatic carbocycles. The minimum atomic E-state index is -0.214. The maximum Gasteiger partial charge on any atom is 0.129 e. The van der Waals surface area contributed by atoms with Crippen LogP contribution in [0.5, 0.6) is 0 Å². The highest BCUT2D eigenvalue weighted by molar-refractivity contribution is 9.10. The molecule has 84 valence electrons. The Morgan fingerprint density at radius 2 is 2.27 bits per heavy atom. The van der Waals surface area contributed by atoms with E-state index < -0.39 is 0 Å². The molecule has 1 unspecified atom stereocenters. The van der Waals surface area contributed by atoms with E-state index in [0.717, 1.165) is 4.47 Å². The van der Waals surface area contributed by atoms with E-state index in [1.165, 1.54) is 6.07 Å². The molecule has 2 N–H and O–H groups in total. The number of halogens is 2. The molecular weight excluding hydrogens is 261 g/mol. The second kappa shape index (κ2) is 6.20. The standard InChI is InChI=1S/C11H15BrFNO/c1-8(14-5-2-6-15)10-4-3-9(12)7-11(10)13/h3-4,7-8,14-15H,2,5-6H2,1H3. The quantitative estimate of drug-likeness (QED) is 0.810. The van der Waals surface area contributed by atoms with E-state index in [2.05, 4.69) is 21.2 Å². The largest absolute Gasteiger partial charge is 0.396 e. The first-order valence-corrected chi connectivity index (χ1v) is 5.73. The Balaban J connectivity index is 2.61. The van der Waals surface area contributed by atoms with E-state index >= 15 is 0 Å². The molecule has 0 radical (unpaired) electrons. The van der Waals surface area contributed by atoms with Crippen molar-refractivity contribution in [2.45, 2.75) is 19.4 Å². The van der Waals surface area contributed by atoms with Gasteiger partial charge in [0.1, 0.15) is 5.82 Å². The van der Waals surface area contributed by atoms with Gasteiger partial charge in [-0.3, -0.25) is 0 Å². The molecule has 0 heterocycles. The molecule has 1 aromatic rings. The number of hydrogen-bond donors (Lipinski definition) is 2. The van der Waals surface area contributed by atoms with Crippen molar-refractivity contribution in [3.8, 4) is 0 Å². The molecule has 2 nitrogen and oxygen atoms in total. The summed E-state index contributed by atoms with van der Waals surface area (Å²) in [6.45, 7) is 2.75. The van der Waals surface area contributed by atoms with Crippen LogP contribution in [0.3, 0.4) is 0 Å². The van der Waals surface area contributed by atoms with Crippen molar-refractivity contribution in [2.24, 2.45) is 0 Å². The van der Waals surface area contributed by atoms with E-state index in [1.54, 1.807) is 6.07 Å². The molecule has 4 heteroatoms. The Hall–Kier alpha value is -0.450. The minimum Gasteiger partial charge on any atom is -0.396 e. The monoisotopic (exact) mass is 275 g/mol. The normalized spacial score (nSPS) is 12.8. The van der Waals surface area contributed by atoms with Gasteiger partial charge in [-0.1, -0.05) is 22.0 Å². The van der Waals surface area contributed by atoms with E-state index in [0.29, 0.717) is 18.5 Å². The zero-order valence-electron chi connectivity index (χ0n) is 8.63. The lowest BCUT2D eigenvalue weighted by Crippen LogP contribution is -2.21. The third-order valence-electron chi connectivity index (χ3n) is 2.21. The summed E-state index contributed by atoms with van der Waals surface area (Å²) in [5.74, 6) is -0.214. The van der Waals surface area contributed by atoms with Gasteiger partial charge in [-0.05, 0) is 32.0 Å². The van der Waals surface area contributed by atoms with Gasteiger partial charge in [0.15, 0.2) is 0 Å². The number of benzene rings is 1. The lowest BCUT2D eigenvalue weighted by Gasteiger charge is -2.14. The van der Waals surface area contributed by atoms with Crippen LogP contribution in [0, 0.1) is 5.82 Å². The highest BCUT2D eigenvalue weighted by Crippen LogP contribution is 2.20. The van der Waals surface area contributed by atoms with Crippen LogP contribution >= 0.6 is 15.9 Å². The summed E-state index contributed by atoms with van der Waals surface area (Å²) in [5, 5.41) is 11.8. The van der Waals surface area contributed by atoms with Gasteiger partial charge in [0, 0.05) is 22.7 Å².